The molecule has 0 saturated carbocycles. The monoisotopic (exact) mass is 393 g/mol. The van der Waals surface area contributed by atoms with Crippen molar-refractivity contribution in [3.05, 3.63) is 54.0 Å². The smallest absolute Gasteiger partial charge is 0.418 e. The van der Waals surface area contributed by atoms with E-state index in [0.717, 1.165) is 44.1 Å². The molecule has 3 heterocycles. The predicted octanol–water partition coefficient (Wildman–Crippen LogP) is 4.62. The maximum absolute atomic E-state index is 13.1. The zero-order valence-corrected chi connectivity index (χ0v) is 15.2. The Hall–Kier alpha value is -2.48. The second-order valence-corrected chi connectivity index (χ2v) is 7.45. The van der Waals surface area contributed by atoms with Crippen LogP contribution in [0, 0.1) is 0 Å². The topological polar surface area (TPSA) is 57.5 Å². The first-order valence-electron chi connectivity index (χ1n) is 9.42. The van der Waals surface area contributed by atoms with Crippen LogP contribution in [0.15, 0.2) is 47.1 Å². The van der Waals surface area contributed by atoms with Gasteiger partial charge in [-0.2, -0.15) is 13.2 Å². The van der Waals surface area contributed by atoms with Crippen molar-refractivity contribution in [2.75, 3.05) is 5.32 Å². The molecule has 2 amide bonds. The van der Waals surface area contributed by atoms with Crippen LogP contribution in [0.1, 0.15) is 37.0 Å². The average Bonchev–Trinajstić information content (AvgIpc) is 3.21. The first kappa shape index (κ1) is 18.9. The molecule has 2 N–H and O–H groups in total. The van der Waals surface area contributed by atoms with Crippen molar-refractivity contribution >= 4 is 11.7 Å². The standard InChI is InChI=1S/C20H22F3N3O2/c21-20(22,23)17-5-1-2-6-18(17)25-19(27)24-13-10-14-7-8-15(11-13)26(14)12-16-4-3-9-28-16/h1-6,9,13-15H,7-8,10-12H2,(H2,24,25,27)/t14-,15-/m0/s1. The van der Waals surface area contributed by atoms with Crippen LogP contribution in [0.4, 0.5) is 23.7 Å². The summed E-state index contributed by atoms with van der Waals surface area (Å²) in [7, 11) is 0. The summed E-state index contributed by atoms with van der Waals surface area (Å²) in [6, 6.07) is 8.86. The molecule has 2 aromatic rings. The number of amides is 2. The third kappa shape index (κ3) is 4.01. The van der Waals surface area contributed by atoms with E-state index in [9.17, 15) is 18.0 Å². The van der Waals surface area contributed by atoms with Crippen LogP contribution in [0.3, 0.4) is 0 Å². The SMILES string of the molecule is O=C(Nc1ccccc1C(F)(F)F)NC1C[C@@H]2CC[C@@H](C1)N2Cc1ccco1. The number of furan rings is 1. The van der Waals surface area contributed by atoms with Crippen molar-refractivity contribution in [3.8, 4) is 0 Å². The van der Waals surface area contributed by atoms with Crippen LogP contribution in [0.5, 0.6) is 0 Å². The van der Waals surface area contributed by atoms with E-state index >= 15 is 0 Å². The van der Waals surface area contributed by atoms with E-state index in [1.54, 1.807) is 6.26 Å². The zero-order chi connectivity index (χ0) is 19.7. The Kier molecular flexibility index (Phi) is 5.05. The summed E-state index contributed by atoms with van der Waals surface area (Å²) in [6.45, 7) is 0.750. The molecule has 5 nitrogen and oxygen atoms in total. The lowest BCUT2D eigenvalue weighted by Crippen LogP contribution is -2.50. The fourth-order valence-corrected chi connectivity index (χ4v) is 4.42. The third-order valence-corrected chi connectivity index (χ3v) is 5.62. The van der Waals surface area contributed by atoms with Crippen molar-refractivity contribution in [1.82, 2.24) is 10.2 Å². The van der Waals surface area contributed by atoms with E-state index in [0.29, 0.717) is 12.1 Å². The van der Waals surface area contributed by atoms with Crippen molar-refractivity contribution in [1.29, 1.82) is 0 Å². The lowest BCUT2D eigenvalue weighted by atomic mass is 9.97. The first-order valence-corrected chi connectivity index (χ1v) is 9.42. The van der Waals surface area contributed by atoms with Crippen LogP contribution in [-0.2, 0) is 12.7 Å². The molecule has 1 aromatic carbocycles. The Bertz CT molecular complexity index is 808. The van der Waals surface area contributed by atoms with Gasteiger partial charge in [-0.05, 0) is 49.9 Å². The van der Waals surface area contributed by atoms with Crippen molar-refractivity contribution < 1.29 is 22.4 Å². The average molecular weight is 393 g/mol. The molecule has 2 aliphatic heterocycles. The second kappa shape index (κ2) is 7.50. The van der Waals surface area contributed by atoms with Gasteiger partial charge in [0.2, 0.25) is 0 Å². The van der Waals surface area contributed by atoms with E-state index < -0.39 is 17.8 Å². The van der Waals surface area contributed by atoms with Gasteiger partial charge in [-0.1, -0.05) is 12.1 Å². The summed E-state index contributed by atoms with van der Waals surface area (Å²) >= 11 is 0. The molecule has 2 saturated heterocycles. The van der Waals surface area contributed by atoms with Gasteiger partial charge in [0.05, 0.1) is 24.1 Å². The number of alkyl halides is 3. The lowest BCUT2D eigenvalue weighted by molar-refractivity contribution is -0.136. The number of piperidine rings is 1. The normalized spacial score (nSPS) is 24.9. The van der Waals surface area contributed by atoms with E-state index in [-0.39, 0.29) is 11.7 Å². The number of para-hydroxylation sites is 1. The van der Waals surface area contributed by atoms with Gasteiger partial charge in [-0.15, -0.1) is 0 Å². The van der Waals surface area contributed by atoms with E-state index in [4.69, 9.17) is 4.42 Å². The lowest BCUT2D eigenvalue weighted by Gasteiger charge is -2.38. The number of benzene rings is 1. The Balaban J connectivity index is 1.36. The largest absolute Gasteiger partial charge is 0.468 e. The minimum absolute atomic E-state index is 0.0524. The van der Waals surface area contributed by atoms with Crippen molar-refractivity contribution in [3.63, 3.8) is 0 Å². The summed E-state index contributed by atoms with van der Waals surface area (Å²) in [5, 5.41) is 5.22. The Labute approximate surface area is 160 Å². The summed E-state index contributed by atoms with van der Waals surface area (Å²) in [6.07, 6.45) is 0.829. The van der Waals surface area contributed by atoms with Crippen molar-refractivity contribution in [2.24, 2.45) is 0 Å². The number of hydrogen-bond donors (Lipinski definition) is 2. The molecule has 0 aliphatic carbocycles. The third-order valence-electron chi connectivity index (χ3n) is 5.62. The Morgan fingerprint density at radius 2 is 1.82 bits per heavy atom. The van der Waals surface area contributed by atoms with Crippen molar-refractivity contribution in [2.45, 2.75) is 56.5 Å². The van der Waals surface area contributed by atoms with Crippen LogP contribution in [0.25, 0.3) is 0 Å². The molecule has 2 aliphatic rings. The number of nitrogens with zero attached hydrogens (tertiary/aromatic N) is 1. The maximum Gasteiger partial charge on any atom is 0.418 e. The number of urea groups is 1. The highest BCUT2D eigenvalue weighted by Crippen LogP contribution is 2.37. The van der Waals surface area contributed by atoms with E-state index in [1.807, 2.05) is 12.1 Å². The summed E-state index contributed by atoms with van der Waals surface area (Å²) in [4.78, 5) is 14.7. The minimum atomic E-state index is -4.51. The predicted molar refractivity (Wildman–Crippen MR) is 97.7 cm³/mol. The number of nitrogens with one attached hydrogen (secondary N) is 2. The van der Waals surface area contributed by atoms with Gasteiger partial charge in [0.1, 0.15) is 5.76 Å². The van der Waals surface area contributed by atoms with Gasteiger partial charge in [-0.3, -0.25) is 4.90 Å². The maximum atomic E-state index is 13.1. The Morgan fingerprint density at radius 3 is 2.46 bits per heavy atom. The van der Waals surface area contributed by atoms with Gasteiger partial charge < -0.3 is 15.1 Å². The molecule has 8 heteroatoms. The number of carbonyl (C=O) groups excluding carboxylic acids is 1. The fourth-order valence-electron chi connectivity index (χ4n) is 4.42. The second-order valence-electron chi connectivity index (χ2n) is 7.45. The van der Waals surface area contributed by atoms with Gasteiger partial charge in [0.15, 0.2) is 0 Å². The Morgan fingerprint density at radius 1 is 1.11 bits per heavy atom. The van der Waals surface area contributed by atoms with E-state index in [1.165, 1.54) is 18.2 Å². The van der Waals surface area contributed by atoms with Crippen LogP contribution in [-0.4, -0.2) is 29.1 Å². The van der Waals surface area contributed by atoms with Gasteiger partial charge in [0.25, 0.3) is 0 Å². The number of hydrogen-bond acceptors (Lipinski definition) is 3. The summed E-state index contributed by atoms with van der Waals surface area (Å²) in [5.74, 6) is 0.921. The molecule has 0 unspecified atom stereocenters. The molecule has 0 radical (unpaired) electrons. The van der Waals surface area contributed by atoms with Crippen LogP contribution >= 0.6 is 0 Å². The number of rotatable bonds is 4. The summed E-state index contributed by atoms with van der Waals surface area (Å²) in [5.41, 5.74) is -1.08. The highest BCUT2D eigenvalue weighted by Gasteiger charge is 2.41. The molecule has 4 rings (SSSR count). The fraction of sp³-hybridized carbons (Fsp3) is 0.450. The van der Waals surface area contributed by atoms with Gasteiger partial charge >= 0.3 is 12.2 Å². The molecule has 150 valence electrons. The number of carbonyl (C=O) groups is 1. The molecular formula is C20H22F3N3O2. The number of fused-ring (bicyclic) bond motifs is 2. The first-order chi connectivity index (χ1) is 13.4. The van der Waals surface area contributed by atoms with Gasteiger partial charge in [0, 0.05) is 18.1 Å². The number of halogens is 3. The highest BCUT2D eigenvalue weighted by molar-refractivity contribution is 5.90. The molecular weight excluding hydrogens is 371 g/mol. The van der Waals surface area contributed by atoms with Crippen LogP contribution < -0.4 is 10.6 Å². The molecule has 1 aromatic heterocycles. The molecule has 2 fully saturated rings. The summed E-state index contributed by atoms with van der Waals surface area (Å²) < 4.78 is 44.7. The number of anilines is 1. The highest BCUT2D eigenvalue weighted by atomic mass is 19.4. The van der Waals surface area contributed by atoms with Gasteiger partial charge in [-0.25, -0.2) is 4.79 Å². The molecule has 28 heavy (non-hydrogen) atoms. The quantitative estimate of drug-likeness (QED) is 0.797. The molecule has 2 atom stereocenters. The zero-order valence-electron chi connectivity index (χ0n) is 15.2. The minimum Gasteiger partial charge on any atom is -0.468 e. The van der Waals surface area contributed by atoms with Crippen LogP contribution in [0.2, 0.25) is 0 Å². The van der Waals surface area contributed by atoms with E-state index in [2.05, 4.69) is 15.5 Å². The molecule has 2 bridgehead atoms. The molecule has 0 spiro atoms.